The van der Waals surface area contributed by atoms with Crippen LogP contribution in [0.3, 0.4) is 0 Å². The molecule has 0 radical (unpaired) electrons. The zero-order valence-corrected chi connectivity index (χ0v) is 15.1. The lowest BCUT2D eigenvalue weighted by molar-refractivity contribution is 0.0944. The average molecular weight is 398 g/mol. The number of nitrogens with one attached hydrogen (secondary N) is 1. The van der Waals surface area contributed by atoms with E-state index in [0.717, 1.165) is 0 Å². The van der Waals surface area contributed by atoms with E-state index in [1.54, 1.807) is 0 Å². The second-order valence-corrected chi connectivity index (χ2v) is 7.98. The second-order valence-electron chi connectivity index (χ2n) is 5.25. The maximum Gasteiger partial charge on any atom is 0.251 e. The van der Waals surface area contributed by atoms with Gasteiger partial charge in [0, 0.05) is 12.1 Å². The zero-order chi connectivity index (χ0) is 16.4. The summed E-state index contributed by atoms with van der Waals surface area (Å²) >= 11 is 8.99. The van der Waals surface area contributed by atoms with Gasteiger partial charge >= 0.3 is 0 Å². The van der Waals surface area contributed by atoms with Crippen LogP contribution in [0.2, 0.25) is 5.02 Å². The van der Waals surface area contributed by atoms with Gasteiger partial charge in [0.25, 0.3) is 5.91 Å². The minimum Gasteiger partial charge on any atom is -0.352 e. The van der Waals surface area contributed by atoms with Crippen molar-refractivity contribution in [3.8, 4) is 0 Å². The van der Waals surface area contributed by atoms with E-state index >= 15 is 0 Å². The van der Waals surface area contributed by atoms with Crippen molar-refractivity contribution in [2.24, 2.45) is 17.0 Å². The van der Waals surface area contributed by atoms with Crippen LogP contribution < -0.4 is 10.5 Å². The predicted molar refractivity (Wildman–Crippen MR) is 86.9 cm³/mol. The first kappa shape index (κ1) is 18.4. The fourth-order valence-electron chi connectivity index (χ4n) is 1.49. The highest BCUT2D eigenvalue weighted by Gasteiger charge is 2.19. The molecule has 0 spiro atoms. The molecule has 1 rings (SSSR count). The Morgan fingerprint density at radius 3 is 2.43 bits per heavy atom. The highest BCUT2D eigenvalue weighted by Crippen LogP contribution is 2.30. The molecule has 0 heterocycles. The molecule has 21 heavy (non-hydrogen) atoms. The number of sulfonamides is 1. The van der Waals surface area contributed by atoms with Crippen molar-refractivity contribution in [3.63, 3.8) is 0 Å². The maximum absolute atomic E-state index is 12.1. The minimum absolute atomic E-state index is 0.114. The molecule has 1 aromatic carbocycles. The topological polar surface area (TPSA) is 89.3 Å². The Bertz CT molecular complexity index is 647. The van der Waals surface area contributed by atoms with Crippen LogP contribution in [-0.4, -0.2) is 20.9 Å². The number of rotatable bonds is 5. The van der Waals surface area contributed by atoms with Crippen LogP contribution in [0, 0.1) is 11.8 Å². The molecule has 0 aliphatic carbocycles. The summed E-state index contributed by atoms with van der Waals surface area (Å²) in [5.41, 5.74) is 0.156. The summed E-state index contributed by atoms with van der Waals surface area (Å²) in [6.45, 7) is 6.64. The fraction of sp³-hybridized carbons (Fsp3) is 0.462. The number of primary sulfonamides is 1. The van der Waals surface area contributed by atoms with Crippen LogP contribution >= 0.6 is 27.5 Å². The van der Waals surface area contributed by atoms with Crippen LogP contribution in [0.4, 0.5) is 0 Å². The molecule has 0 saturated heterocycles. The van der Waals surface area contributed by atoms with Crippen molar-refractivity contribution in [2.45, 2.75) is 25.7 Å². The van der Waals surface area contributed by atoms with Crippen LogP contribution in [0.1, 0.15) is 31.1 Å². The molecule has 0 aliphatic heterocycles. The van der Waals surface area contributed by atoms with Gasteiger partial charge in [-0.2, -0.15) is 0 Å². The summed E-state index contributed by atoms with van der Waals surface area (Å²) in [6, 6.07) is 2.61. The van der Waals surface area contributed by atoms with E-state index in [2.05, 4.69) is 35.1 Å². The Morgan fingerprint density at radius 2 is 1.95 bits per heavy atom. The van der Waals surface area contributed by atoms with Gasteiger partial charge in [-0.3, -0.25) is 4.79 Å². The summed E-state index contributed by atoms with van der Waals surface area (Å²) in [5, 5.41) is 7.98. The Balaban J connectivity index is 3.04. The van der Waals surface area contributed by atoms with E-state index < -0.39 is 10.0 Å². The highest BCUT2D eigenvalue weighted by atomic mass is 79.9. The first-order valence-electron chi connectivity index (χ1n) is 6.34. The molecule has 118 valence electrons. The van der Waals surface area contributed by atoms with Gasteiger partial charge in [0.15, 0.2) is 0 Å². The molecule has 0 aliphatic rings. The molecule has 8 heteroatoms. The Kier molecular flexibility index (Phi) is 6.22. The van der Waals surface area contributed by atoms with E-state index in [9.17, 15) is 13.2 Å². The van der Waals surface area contributed by atoms with Crippen LogP contribution in [0.5, 0.6) is 0 Å². The van der Waals surface area contributed by atoms with Crippen molar-refractivity contribution in [1.29, 1.82) is 0 Å². The summed E-state index contributed by atoms with van der Waals surface area (Å²) < 4.78 is 23.1. The number of hydrogen-bond donors (Lipinski definition) is 2. The second kappa shape index (κ2) is 7.09. The average Bonchev–Trinajstić information content (AvgIpc) is 2.36. The first-order chi connectivity index (χ1) is 9.54. The quantitative estimate of drug-likeness (QED) is 0.800. The first-order valence-corrected chi connectivity index (χ1v) is 9.05. The normalized spacial score (nSPS) is 13.3. The molecule has 0 aromatic heterocycles. The Hall–Kier alpha value is -0.630. The van der Waals surface area contributed by atoms with E-state index in [4.69, 9.17) is 16.7 Å². The molecule has 1 amide bonds. The van der Waals surface area contributed by atoms with Gasteiger partial charge in [-0.25, -0.2) is 13.6 Å². The van der Waals surface area contributed by atoms with E-state index in [0.29, 0.717) is 18.4 Å². The third kappa shape index (κ3) is 4.95. The summed E-state index contributed by atoms with van der Waals surface area (Å²) in [6.07, 6.45) is 0. The van der Waals surface area contributed by atoms with Crippen LogP contribution in [0.25, 0.3) is 0 Å². The SMILES string of the molecule is CC(C)C(C)CNC(=O)c1cc(Cl)c(Br)c(S(N)(=O)=O)c1. The Labute approximate surface area is 138 Å². The summed E-state index contributed by atoms with van der Waals surface area (Å²) in [4.78, 5) is 11.9. The number of benzene rings is 1. The molecule has 0 fully saturated rings. The standard InChI is InChI=1S/C13H18BrClN2O3S/c1-7(2)8(3)6-17-13(18)9-4-10(15)12(14)11(5-9)21(16,19)20/h4-5,7-8H,6H2,1-3H3,(H,17,18)(H2,16,19,20). The summed E-state index contributed by atoms with van der Waals surface area (Å²) in [5.74, 6) is 0.346. The molecular formula is C13H18BrClN2O3S. The highest BCUT2D eigenvalue weighted by molar-refractivity contribution is 9.10. The van der Waals surface area contributed by atoms with Crippen molar-refractivity contribution in [2.75, 3.05) is 6.54 Å². The molecular weight excluding hydrogens is 380 g/mol. The van der Waals surface area contributed by atoms with Crippen LogP contribution in [-0.2, 0) is 10.0 Å². The van der Waals surface area contributed by atoms with Crippen molar-refractivity contribution in [3.05, 3.63) is 27.2 Å². The van der Waals surface area contributed by atoms with Crippen molar-refractivity contribution < 1.29 is 13.2 Å². The summed E-state index contributed by atoms with van der Waals surface area (Å²) in [7, 11) is -3.97. The van der Waals surface area contributed by atoms with Gasteiger partial charge in [-0.1, -0.05) is 32.4 Å². The molecule has 5 nitrogen and oxygen atoms in total. The zero-order valence-electron chi connectivity index (χ0n) is 12.0. The smallest absolute Gasteiger partial charge is 0.251 e. The molecule has 1 aromatic rings. The molecule has 1 unspecified atom stereocenters. The number of nitrogens with two attached hydrogens (primary N) is 1. The minimum atomic E-state index is -3.97. The lowest BCUT2D eigenvalue weighted by Gasteiger charge is -2.16. The lowest BCUT2D eigenvalue weighted by Crippen LogP contribution is -2.30. The van der Waals surface area contributed by atoms with E-state index in [1.165, 1.54) is 12.1 Å². The largest absolute Gasteiger partial charge is 0.352 e. The number of carbonyl (C=O) groups is 1. The van der Waals surface area contributed by atoms with Gasteiger partial charge in [0.05, 0.1) is 14.4 Å². The molecule has 0 bridgehead atoms. The van der Waals surface area contributed by atoms with Gasteiger partial charge in [-0.05, 0) is 39.9 Å². The van der Waals surface area contributed by atoms with Crippen molar-refractivity contribution >= 4 is 43.5 Å². The van der Waals surface area contributed by atoms with Gasteiger partial charge < -0.3 is 5.32 Å². The van der Waals surface area contributed by atoms with Gasteiger partial charge in [0.2, 0.25) is 10.0 Å². The monoisotopic (exact) mass is 396 g/mol. The van der Waals surface area contributed by atoms with E-state index in [-0.39, 0.29) is 25.9 Å². The number of amides is 1. The fourth-order valence-corrected chi connectivity index (χ4v) is 3.33. The number of halogens is 2. The Morgan fingerprint density at radius 1 is 1.38 bits per heavy atom. The lowest BCUT2D eigenvalue weighted by atomic mass is 9.98. The van der Waals surface area contributed by atoms with Crippen LogP contribution in [0.15, 0.2) is 21.5 Å². The molecule has 0 saturated carbocycles. The third-order valence-corrected chi connectivity index (χ3v) is 5.86. The molecule has 3 N–H and O–H groups in total. The molecule has 1 atom stereocenters. The van der Waals surface area contributed by atoms with Gasteiger partial charge in [0.1, 0.15) is 0 Å². The van der Waals surface area contributed by atoms with Gasteiger partial charge in [-0.15, -0.1) is 0 Å². The van der Waals surface area contributed by atoms with Crippen molar-refractivity contribution in [1.82, 2.24) is 5.32 Å². The van der Waals surface area contributed by atoms with E-state index in [1.807, 2.05) is 6.92 Å². The number of hydrogen-bond acceptors (Lipinski definition) is 3. The predicted octanol–water partition coefficient (Wildman–Crippen LogP) is 2.77. The third-order valence-electron chi connectivity index (χ3n) is 3.29. The maximum atomic E-state index is 12.1. The number of carbonyl (C=O) groups excluding carboxylic acids is 1.